The molecule has 1 spiro atoms. The van der Waals surface area contributed by atoms with Crippen LogP contribution >= 0.6 is 0 Å². The van der Waals surface area contributed by atoms with Crippen molar-refractivity contribution < 1.29 is 0 Å². The van der Waals surface area contributed by atoms with Gasteiger partial charge in [0.15, 0.2) is 0 Å². The fourth-order valence-corrected chi connectivity index (χ4v) is 10.8. The third-order valence-corrected chi connectivity index (χ3v) is 13.5. The highest BCUT2D eigenvalue weighted by Crippen LogP contribution is 2.62. The van der Waals surface area contributed by atoms with E-state index in [-0.39, 0.29) is 5.41 Å². The predicted molar refractivity (Wildman–Crippen MR) is 251 cm³/mol. The molecule has 0 amide bonds. The quantitative estimate of drug-likeness (QED) is 0.185. The number of H-pyrrole nitrogens is 1. The Hall–Kier alpha value is -7.42. The number of anilines is 3. The number of benzene rings is 9. The highest BCUT2D eigenvalue weighted by molar-refractivity contribution is 6.08. The highest BCUT2D eigenvalue weighted by Gasteiger charge is 2.53. The van der Waals surface area contributed by atoms with E-state index >= 15 is 0 Å². The molecule has 1 aromatic heterocycles. The van der Waals surface area contributed by atoms with E-state index in [9.17, 15) is 0 Å². The molecule has 0 bridgehead atoms. The minimum Gasteiger partial charge on any atom is -0.354 e. The summed E-state index contributed by atoms with van der Waals surface area (Å²) in [6.07, 6.45) is 0. The van der Waals surface area contributed by atoms with Crippen molar-refractivity contribution in [1.29, 1.82) is 0 Å². The van der Waals surface area contributed by atoms with Crippen LogP contribution in [0.1, 0.15) is 47.2 Å². The van der Waals surface area contributed by atoms with Gasteiger partial charge < -0.3 is 9.88 Å². The molecule has 0 saturated carbocycles. The van der Waals surface area contributed by atoms with Crippen molar-refractivity contribution in [2.75, 3.05) is 4.90 Å². The second kappa shape index (κ2) is 13.0. The van der Waals surface area contributed by atoms with Gasteiger partial charge in [0.1, 0.15) is 0 Å². The minimum atomic E-state index is -0.409. The molecule has 2 aliphatic carbocycles. The van der Waals surface area contributed by atoms with Gasteiger partial charge in [0, 0.05) is 44.2 Å². The molecule has 9 aromatic carbocycles. The third-order valence-electron chi connectivity index (χ3n) is 13.5. The monoisotopic (exact) mass is 766 g/mol. The lowest BCUT2D eigenvalue weighted by Crippen LogP contribution is -2.40. The van der Waals surface area contributed by atoms with Crippen molar-refractivity contribution in [3.63, 3.8) is 0 Å². The topological polar surface area (TPSA) is 19.0 Å². The van der Waals surface area contributed by atoms with E-state index in [4.69, 9.17) is 0 Å². The molecule has 1 N–H and O–H groups in total. The molecule has 60 heavy (non-hydrogen) atoms. The molecule has 0 aliphatic heterocycles. The van der Waals surface area contributed by atoms with E-state index in [1.54, 1.807) is 0 Å². The van der Waals surface area contributed by atoms with Gasteiger partial charge in [-0.2, -0.15) is 0 Å². The normalized spacial score (nSPS) is 14.1. The van der Waals surface area contributed by atoms with Crippen LogP contribution < -0.4 is 4.90 Å². The Morgan fingerprint density at radius 1 is 0.350 bits per heavy atom. The largest absolute Gasteiger partial charge is 0.354 e. The number of para-hydroxylation sites is 2. The van der Waals surface area contributed by atoms with Crippen molar-refractivity contribution in [2.24, 2.45) is 0 Å². The number of nitrogens with zero attached hydrogens (tertiary/aromatic N) is 1. The summed E-state index contributed by atoms with van der Waals surface area (Å²) in [5.74, 6) is 0. The molecule has 1 heterocycles. The summed E-state index contributed by atoms with van der Waals surface area (Å²) in [5, 5.41) is 2.46. The van der Waals surface area contributed by atoms with Gasteiger partial charge in [0.25, 0.3) is 0 Å². The van der Waals surface area contributed by atoms with Crippen LogP contribution in [0, 0.1) is 0 Å². The zero-order chi connectivity index (χ0) is 40.0. The van der Waals surface area contributed by atoms with Gasteiger partial charge >= 0.3 is 0 Å². The van der Waals surface area contributed by atoms with Crippen molar-refractivity contribution in [1.82, 2.24) is 4.98 Å². The number of aromatic nitrogens is 1. The van der Waals surface area contributed by atoms with Crippen LogP contribution in [0.15, 0.2) is 212 Å². The van der Waals surface area contributed by atoms with Crippen LogP contribution in [0.25, 0.3) is 55.2 Å². The Morgan fingerprint density at radius 3 is 1.70 bits per heavy atom. The first-order chi connectivity index (χ1) is 29.5. The molecule has 0 unspecified atom stereocenters. The van der Waals surface area contributed by atoms with Gasteiger partial charge in [-0.1, -0.05) is 184 Å². The first-order valence-electron chi connectivity index (χ1n) is 21.0. The second-order valence-electron chi connectivity index (χ2n) is 16.9. The lowest BCUT2D eigenvalue weighted by molar-refractivity contribution is 0.563. The lowest BCUT2D eigenvalue weighted by Gasteiger charge is -2.46. The maximum Gasteiger partial charge on any atom is 0.0719 e. The number of nitrogens with one attached hydrogen (secondary N) is 1. The molecule has 2 heteroatoms. The summed E-state index contributed by atoms with van der Waals surface area (Å²) in [6, 6.07) is 78.7. The van der Waals surface area contributed by atoms with Crippen molar-refractivity contribution >= 4 is 38.9 Å². The Bertz CT molecular complexity index is 3270. The van der Waals surface area contributed by atoms with Gasteiger partial charge in [0.05, 0.1) is 11.1 Å². The summed E-state index contributed by atoms with van der Waals surface area (Å²) in [4.78, 5) is 6.14. The fourth-order valence-electron chi connectivity index (χ4n) is 10.8. The number of hydrogen-bond donors (Lipinski definition) is 1. The Kier molecular flexibility index (Phi) is 7.52. The zero-order valence-electron chi connectivity index (χ0n) is 33.7. The van der Waals surface area contributed by atoms with E-state index in [1.165, 1.54) is 77.5 Å². The molecule has 10 aromatic rings. The average Bonchev–Trinajstić information content (AvgIpc) is 3.83. The minimum absolute atomic E-state index is 0.229. The van der Waals surface area contributed by atoms with Gasteiger partial charge in [-0.25, -0.2) is 0 Å². The van der Waals surface area contributed by atoms with Crippen molar-refractivity contribution in [2.45, 2.75) is 24.7 Å². The first kappa shape index (κ1) is 34.6. The molecule has 0 saturated heterocycles. The predicted octanol–water partition coefficient (Wildman–Crippen LogP) is 15.1. The van der Waals surface area contributed by atoms with E-state index in [0.29, 0.717) is 0 Å². The average molecular weight is 767 g/mol. The van der Waals surface area contributed by atoms with Crippen LogP contribution in [-0.2, 0) is 10.8 Å². The Balaban J connectivity index is 1.06. The molecule has 0 atom stereocenters. The highest BCUT2D eigenvalue weighted by atomic mass is 15.1. The number of aromatic amines is 1. The number of rotatable bonds is 5. The SMILES string of the molecule is CC1(C)c2ccccc2C2(c3ccccc3-c3ccccc32)c2ccc(-c3cccc(N(c4ccc5c(c4)[nH]c4ccccc45)c4ccccc4-c4ccccc4)c3)cc21. The fraction of sp³-hybridized carbons (Fsp3) is 0.0690. The summed E-state index contributed by atoms with van der Waals surface area (Å²) in [6.45, 7) is 4.82. The summed E-state index contributed by atoms with van der Waals surface area (Å²) >= 11 is 0. The van der Waals surface area contributed by atoms with Crippen LogP contribution in [0.5, 0.6) is 0 Å². The first-order valence-corrected chi connectivity index (χ1v) is 21.0. The van der Waals surface area contributed by atoms with E-state index in [2.05, 4.69) is 236 Å². The summed E-state index contributed by atoms with van der Waals surface area (Å²) < 4.78 is 0. The Morgan fingerprint density at radius 2 is 0.917 bits per heavy atom. The maximum absolute atomic E-state index is 3.71. The lowest BCUT2D eigenvalue weighted by atomic mass is 9.55. The van der Waals surface area contributed by atoms with Crippen LogP contribution in [0.4, 0.5) is 17.1 Å². The molecule has 2 nitrogen and oxygen atoms in total. The van der Waals surface area contributed by atoms with Gasteiger partial charge in [0.2, 0.25) is 0 Å². The van der Waals surface area contributed by atoms with Gasteiger partial charge in [-0.15, -0.1) is 0 Å². The molecule has 2 aliphatic rings. The number of hydrogen-bond acceptors (Lipinski definition) is 1. The molecule has 0 radical (unpaired) electrons. The van der Waals surface area contributed by atoms with Crippen LogP contribution in [0.2, 0.25) is 0 Å². The van der Waals surface area contributed by atoms with Crippen LogP contribution in [-0.4, -0.2) is 4.98 Å². The van der Waals surface area contributed by atoms with Gasteiger partial charge in [-0.05, 0) is 104 Å². The molecule has 0 fully saturated rings. The zero-order valence-corrected chi connectivity index (χ0v) is 33.7. The van der Waals surface area contributed by atoms with Crippen molar-refractivity contribution in [3.05, 3.63) is 246 Å². The van der Waals surface area contributed by atoms with E-state index in [1.807, 2.05) is 0 Å². The van der Waals surface area contributed by atoms with E-state index < -0.39 is 5.41 Å². The van der Waals surface area contributed by atoms with Crippen LogP contribution in [0.3, 0.4) is 0 Å². The third kappa shape index (κ3) is 4.88. The standard InChI is InChI=1S/C58H42N2/c1-57(2)50-27-12-13-28-51(50)58(48-25-10-6-22-44(48)45-23-7-11-26-49(45)58)52-34-31-40(36-53(52)57)39-19-16-20-41(35-39)60(56-30-15-9-21-43(56)38-17-4-3-5-18-38)42-32-33-47-46-24-8-14-29-54(46)59-55(47)37-42/h3-37,59H,1-2H3. The molecule has 12 rings (SSSR count). The summed E-state index contributed by atoms with van der Waals surface area (Å²) in [7, 11) is 0. The Labute approximate surface area is 351 Å². The summed E-state index contributed by atoms with van der Waals surface area (Å²) in [5.41, 5.74) is 20.6. The van der Waals surface area contributed by atoms with Gasteiger partial charge in [-0.3, -0.25) is 0 Å². The molecule has 284 valence electrons. The second-order valence-corrected chi connectivity index (χ2v) is 16.9. The maximum atomic E-state index is 3.71. The van der Waals surface area contributed by atoms with E-state index in [0.717, 1.165) is 28.1 Å². The molecular formula is C58H42N2. The smallest absolute Gasteiger partial charge is 0.0719 e. The molecular weight excluding hydrogens is 725 g/mol. The van der Waals surface area contributed by atoms with Crippen molar-refractivity contribution in [3.8, 4) is 33.4 Å². The number of fused-ring (bicyclic) bond motifs is 12.